The molecule has 0 heterocycles. The van der Waals surface area contributed by atoms with Crippen LogP contribution in [0.4, 0.5) is 0 Å². The minimum Gasteiger partial charge on any atom is -0.349 e. The van der Waals surface area contributed by atoms with Gasteiger partial charge in [0, 0.05) is 11.5 Å². The van der Waals surface area contributed by atoms with E-state index >= 15 is 0 Å². The zero-order valence-corrected chi connectivity index (χ0v) is 12.2. The topological polar surface area (TPSA) is 83.5 Å². The Morgan fingerprint density at radius 2 is 2.16 bits per heavy atom. The maximum Gasteiger partial charge on any atom is 0.265 e. The van der Waals surface area contributed by atoms with Crippen molar-refractivity contribution in [2.24, 2.45) is 16.7 Å². The molecular formula is C13H21NO4S. The molecular weight excluding hydrogens is 266 g/mol. The van der Waals surface area contributed by atoms with E-state index in [0.29, 0.717) is 12.3 Å². The second-order valence-electron chi connectivity index (χ2n) is 6.34. The number of hydrogen-bond donors (Lipinski definition) is 2. The maximum atomic E-state index is 11.5. The van der Waals surface area contributed by atoms with Crippen molar-refractivity contribution >= 4 is 16.0 Å². The van der Waals surface area contributed by atoms with Crippen LogP contribution < -0.4 is 5.32 Å². The zero-order chi connectivity index (χ0) is 14.5. The summed E-state index contributed by atoms with van der Waals surface area (Å²) in [6.45, 7) is 7.49. The highest BCUT2D eigenvalue weighted by atomic mass is 32.2. The fraction of sp³-hybridized carbons (Fsp3) is 0.769. The van der Waals surface area contributed by atoms with E-state index in [2.05, 4.69) is 11.9 Å². The molecule has 2 saturated carbocycles. The quantitative estimate of drug-likeness (QED) is 0.604. The van der Waals surface area contributed by atoms with Crippen molar-refractivity contribution in [2.75, 3.05) is 5.75 Å². The minimum absolute atomic E-state index is 0.206. The van der Waals surface area contributed by atoms with Crippen molar-refractivity contribution in [3.63, 3.8) is 0 Å². The highest BCUT2D eigenvalue weighted by Gasteiger charge is 2.65. The lowest BCUT2D eigenvalue weighted by molar-refractivity contribution is -0.118. The van der Waals surface area contributed by atoms with Gasteiger partial charge in [-0.15, -0.1) is 0 Å². The third-order valence-corrected chi connectivity index (χ3v) is 6.25. The van der Waals surface area contributed by atoms with Crippen LogP contribution in [0.25, 0.3) is 0 Å². The molecule has 1 amide bonds. The van der Waals surface area contributed by atoms with Gasteiger partial charge in [0.15, 0.2) is 0 Å². The number of hydrogen-bond acceptors (Lipinski definition) is 3. The predicted molar refractivity (Wildman–Crippen MR) is 72.1 cm³/mol. The van der Waals surface area contributed by atoms with E-state index in [9.17, 15) is 17.8 Å². The minimum atomic E-state index is -4.08. The number of fused-ring (bicyclic) bond motifs is 2. The van der Waals surface area contributed by atoms with E-state index in [4.69, 9.17) is 0 Å². The Morgan fingerprint density at radius 3 is 2.63 bits per heavy atom. The summed E-state index contributed by atoms with van der Waals surface area (Å²) in [5.74, 6) is -0.196. The SMILES string of the molecule is C=CC(=O)N[C@H]1C[C@H]2CC[C@]1(CS(=O)(=O)O)C2(C)C. The van der Waals surface area contributed by atoms with Gasteiger partial charge in [0.05, 0.1) is 5.75 Å². The van der Waals surface area contributed by atoms with E-state index in [-0.39, 0.29) is 23.1 Å². The van der Waals surface area contributed by atoms with Crippen LogP contribution in [0.15, 0.2) is 12.7 Å². The average molecular weight is 287 g/mol. The Bertz CT molecular complexity index is 511. The molecule has 19 heavy (non-hydrogen) atoms. The molecule has 2 aliphatic rings. The third-order valence-electron chi connectivity index (χ3n) is 5.37. The first-order valence-electron chi connectivity index (χ1n) is 6.50. The van der Waals surface area contributed by atoms with Crippen LogP contribution in [0.2, 0.25) is 0 Å². The number of rotatable bonds is 4. The molecule has 2 fully saturated rings. The van der Waals surface area contributed by atoms with Gasteiger partial charge in [-0.05, 0) is 36.7 Å². The van der Waals surface area contributed by atoms with Crippen molar-refractivity contribution in [1.82, 2.24) is 5.32 Å². The molecule has 2 N–H and O–H groups in total. The Morgan fingerprint density at radius 1 is 1.53 bits per heavy atom. The van der Waals surface area contributed by atoms with Crippen LogP contribution in [-0.4, -0.2) is 30.7 Å². The van der Waals surface area contributed by atoms with E-state index in [0.717, 1.165) is 12.8 Å². The standard InChI is InChI=1S/C13H21NO4S/c1-4-11(15)14-10-7-9-5-6-13(10,12(9,2)3)8-19(16,17)18/h4,9-10H,1,5-8H2,2-3H3,(H,14,15)(H,16,17,18)/t9-,10+,13-/m1/s1. The van der Waals surface area contributed by atoms with Gasteiger partial charge in [0.25, 0.3) is 10.1 Å². The highest BCUT2D eigenvalue weighted by molar-refractivity contribution is 7.85. The number of carbonyl (C=O) groups is 1. The maximum absolute atomic E-state index is 11.5. The summed E-state index contributed by atoms with van der Waals surface area (Å²) in [7, 11) is -4.08. The summed E-state index contributed by atoms with van der Waals surface area (Å²) in [5, 5.41) is 2.85. The van der Waals surface area contributed by atoms with E-state index in [1.807, 2.05) is 13.8 Å². The zero-order valence-electron chi connectivity index (χ0n) is 11.3. The molecule has 108 valence electrons. The molecule has 0 aromatic rings. The summed E-state index contributed by atoms with van der Waals surface area (Å²) in [6.07, 6.45) is 3.62. The van der Waals surface area contributed by atoms with E-state index < -0.39 is 15.5 Å². The molecule has 2 aliphatic carbocycles. The fourth-order valence-electron chi connectivity index (χ4n) is 4.18. The summed E-state index contributed by atoms with van der Waals surface area (Å²) in [5.41, 5.74) is -0.786. The van der Waals surface area contributed by atoms with Gasteiger partial charge in [-0.25, -0.2) is 0 Å². The van der Waals surface area contributed by atoms with Crippen LogP contribution in [0.1, 0.15) is 33.1 Å². The first kappa shape index (κ1) is 14.5. The lowest BCUT2D eigenvalue weighted by Gasteiger charge is -2.41. The van der Waals surface area contributed by atoms with Gasteiger partial charge in [0.2, 0.25) is 5.91 Å². The Kier molecular flexibility index (Phi) is 3.30. The van der Waals surface area contributed by atoms with Gasteiger partial charge < -0.3 is 5.32 Å². The molecule has 2 rings (SSSR count). The van der Waals surface area contributed by atoms with Crippen molar-refractivity contribution < 1.29 is 17.8 Å². The first-order chi connectivity index (χ1) is 8.62. The largest absolute Gasteiger partial charge is 0.349 e. The van der Waals surface area contributed by atoms with Gasteiger partial charge in [0.1, 0.15) is 0 Å². The molecule has 2 bridgehead atoms. The van der Waals surface area contributed by atoms with Gasteiger partial charge in [-0.2, -0.15) is 8.42 Å². The smallest absolute Gasteiger partial charge is 0.265 e. The second kappa shape index (κ2) is 4.31. The van der Waals surface area contributed by atoms with E-state index in [1.165, 1.54) is 6.08 Å². The average Bonchev–Trinajstić information content (AvgIpc) is 2.60. The molecule has 0 aliphatic heterocycles. The Hall–Kier alpha value is -0.880. The Balaban J connectivity index is 2.36. The predicted octanol–water partition coefficient (Wildman–Crippen LogP) is 1.37. The molecule has 0 spiro atoms. The van der Waals surface area contributed by atoms with Crippen LogP contribution in [0.3, 0.4) is 0 Å². The summed E-state index contributed by atoms with van der Waals surface area (Å²) in [4.78, 5) is 11.5. The molecule has 3 atom stereocenters. The molecule has 0 aromatic heterocycles. The molecule has 5 nitrogen and oxygen atoms in total. The normalized spacial score (nSPS) is 36.2. The van der Waals surface area contributed by atoms with Crippen LogP contribution >= 0.6 is 0 Å². The van der Waals surface area contributed by atoms with Crippen molar-refractivity contribution in [2.45, 2.75) is 39.2 Å². The van der Waals surface area contributed by atoms with Gasteiger partial charge in [-0.1, -0.05) is 20.4 Å². The molecule has 0 saturated heterocycles. The third kappa shape index (κ3) is 2.21. The number of amides is 1. The van der Waals surface area contributed by atoms with Crippen molar-refractivity contribution in [3.05, 3.63) is 12.7 Å². The molecule has 0 unspecified atom stereocenters. The summed E-state index contributed by atoms with van der Waals surface area (Å²) >= 11 is 0. The molecule has 0 aromatic carbocycles. The number of nitrogens with one attached hydrogen (secondary N) is 1. The van der Waals surface area contributed by atoms with E-state index in [1.54, 1.807) is 0 Å². The summed E-state index contributed by atoms with van der Waals surface area (Å²) in [6, 6.07) is -0.214. The lowest BCUT2D eigenvalue weighted by atomic mass is 9.69. The Labute approximate surface area is 114 Å². The summed E-state index contributed by atoms with van der Waals surface area (Å²) < 4.78 is 32.0. The number of carbonyl (C=O) groups excluding carboxylic acids is 1. The van der Waals surface area contributed by atoms with Crippen molar-refractivity contribution in [3.8, 4) is 0 Å². The highest BCUT2D eigenvalue weighted by Crippen LogP contribution is 2.66. The van der Waals surface area contributed by atoms with Crippen LogP contribution in [0.5, 0.6) is 0 Å². The van der Waals surface area contributed by atoms with Gasteiger partial charge >= 0.3 is 0 Å². The lowest BCUT2D eigenvalue weighted by Crippen LogP contribution is -2.51. The fourth-order valence-corrected chi connectivity index (χ4v) is 5.55. The van der Waals surface area contributed by atoms with Gasteiger partial charge in [-0.3, -0.25) is 9.35 Å². The first-order valence-corrected chi connectivity index (χ1v) is 8.11. The molecule has 6 heteroatoms. The molecule has 0 radical (unpaired) electrons. The van der Waals surface area contributed by atoms with Crippen LogP contribution in [-0.2, 0) is 14.9 Å². The van der Waals surface area contributed by atoms with Crippen LogP contribution in [0, 0.1) is 16.7 Å². The second-order valence-corrected chi connectivity index (χ2v) is 7.79. The monoisotopic (exact) mass is 287 g/mol. The van der Waals surface area contributed by atoms with Crippen molar-refractivity contribution in [1.29, 1.82) is 0 Å².